The van der Waals surface area contributed by atoms with E-state index in [-0.39, 0.29) is 6.54 Å². The molecule has 0 unspecified atom stereocenters. The highest BCUT2D eigenvalue weighted by molar-refractivity contribution is 5.78. The minimum Gasteiger partial charge on any atom is -0.370 e. The quantitative estimate of drug-likeness (QED) is 0.529. The van der Waals surface area contributed by atoms with Crippen LogP contribution in [0.5, 0.6) is 0 Å². The summed E-state index contributed by atoms with van der Waals surface area (Å²) in [6.07, 6.45) is -4.36. The third kappa shape index (κ3) is 5.38. The molecule has 0 aliphatic rings. The summed E-state index contributed by atoms with van der Waals surface area (Å²) in [4.78, 5) is 5.94. The van der Waals surface area contributed by atoms with Crippen LogP contribution >= 0.6 is 0 Å². The maximum Gasteiger partial charge on any atom is 0.416 e. The Kier molecular flexibility index (Phi) is 6.10. The minimum absolute atomic E-state index is 0.151. The van der Waals surface area contributed by atoms with Gasteiger partial charge >= 0.3 is 6.18 Å². The van der Waals surface area contributed by atoms with E-state index in [1.54, 1.807) is 0 Å². The lowest BCUT2D eigenvalue weighted by molar-refractivity contribution is -0.137. The maximum absolute atomic E-state index is 12.5. The average Bonchev–Trinajstić information content (AvgIpc) is 2.44. The maximum atomic E-state index is 12.5. The van der Waals surface area contributed by atoms with E-state index in [0.29, 0.717) is 11.5 Å². The fourth-order valence-corrected chi connectivity index (χ4v) is 1.68. The molecule has 0 saturated heterocycles. The molecule has 114 valence electrons. The number of hydrogen-bond acceptors (Lipinski definition) is 1. The van der Waals surface area contributed by atoms with Crippen LogP contribution in [-0.2, 0) is 6.18 Å². The zero-order chi connectivity index (χ0) is 15.9. The molecule has 0 amide bonds. The summed E-state index contributed by atoms with van der Waals surface area (Å²) in [5, 5.41) is 0. The van der Waals surface area contributed by atoms with Crippen LogP contribution in [0.3, 0.4) is 0 Å². The van der Waals surface area contributed by atoms with Crippen LogP contribution in [0.15, 0.2) is 29.3 Å². The Labute approximate surface area is 122 Å². The van der Waals surface area contributed by atoms with Crippen molar-refractivity contribution >= 4 is 5.96 Å². The number of hydrogen-bond donors (Lipinski definition) is 1. The van der Waals surface area contributed by atoms with E-state index in [1.165, 1.54) is 12.1 Å². The Hall–Kier alpha value is -2.16. The molecule has 0 saturated carbocycles. The van der Waals surface area contributed by atoms with Gasteiger partial charge in [-0.05, 0) is 32.0 Å². The van der Waals surface area contributed by atoms with Crippen molar-refractivity contribution in [2.45, 2.75) is 20.0 Å². The Balaban J connectivity index is 2.74. The molecule has 0 aliphatic carbocycles. The van der Waals surface area contributed by atoms with Crippen LogP contribution in [0.4, 0.5) is 13.2 Å². The summed E-state index contributed by atoms with van der Waals surface area (Å²) in [5.41, 5.74) is 5.36. The van der Waals surface area contributed by atoms with Crippen molar-refractivity contribution in [1.29, 1.82) is 0 Å². The summed E-state index contributed by atoms with van der Waals surface area (Å²) in [5.74, 6) is 5.75. The first-order valence-electron chi connectivity index (χ1n) is 6.59. The smallest absolute Gasteiger partial charge is 0.370 e. The SMILES string of the molecule is CCN(CC)C(N)=NCC#Cc1cccc(C(F)(F)F)c1. The molecule has 0 bridgehead atoms. The van der Waals surface area contributed by atoms with E-state index in [9.17, 15) is 13.2 Å². The molecule has 2 N–H and O–H groups in total. The van der Waals surface area contributed by atoms with Crippen molar-refractivity contribution in [2.24, 2.45) is 10.7 Å². The normalized spacial score (nSPS) is 11.8. The van der Waals surface area contributed by atoms with Gasteiger partial charge in [-0.3, -0.25) is 0 Å². The number of nitrogens with zero attached hydrogens (tertiary/aromatic N) is 2. The van der Waals surface area contributed by atoms with E-state index in [0.717, 1.165) is 25.2 Å². The molecular weight excluding hydrogens is 279 g/mol. The molecule has 0 aromatic heterocycles. The van der Waals surface area contributed by atoms with Crippen LogP contribution < -0.4 is 5.73 Å². The predicted octanol–water partition coefficient (Wildman–Crippen LogP) is 2.71. The van der Waals surface area contributed by atoms with Crippen molar-refractivity contribution in [3.8, 4) is 11.8 Å². The molecule has 3 nitrogen and oxygen atoms in total. The summed E-state index contributed by atoms with van der Waals surface area (Å²) in [6.45, 7) is 5.55. The van der Waals surface area contributed by atoms with Gasteiger partial charge < -0.3 is 10.6 Å². The average molecular weight is 297 g/mol. The third-order valence-corrected chi connectivity index (χ3v) is 2.83. The molecule has 0 fully saturated rings. The largest absolute Gasteiger partial charge is 0.416 e. The first-order chi connectivity index (χ1) is 9.88. The van der Waals surface area contributed by atoms with Crippen LogP contribution in [-0.4, -0.2) is 30.5 Å². The van der Waals surface area contributed by atoms with Crippen molar-refractivity contribution in [1.82, 2.24) is 4.90 Å². The second-order valence-electron chi connectivity index (χ2n) is 4.23. The Morgan fingerprint density at radius 3 is 2.52 bits per heavy atom. The second kappa shape index (κ2) is 7.58. The summed E-state index contributed by atoms with van der Waals surface area (Å²) in [7, 11) is 0. The molecule has 0 aliphatic heterocycles. The van der Waals surface area contributed by atoms with E-state index >= 15 is 0 Å². The van der Waals surface area contributed by atoms with E-state index in [4.69, 9.17) is 5.73 Å². The van der Waals surface area contributed by atoms with Gasteiger partial charge in [-0.2, -0.15) is 13.2 Å². The highest BCUT2D eigenvalue weighted by atomic mass is 19.4. The first-order valence-corrected chi connectivity index (χ1v) is 6.59. The molecule has 0 heterocycles. The predicted molar refractivity (Wildman–Crippen MR) is 77.7 cm³/mol. The van der Waals surface area contributed by atoms with Crippen LogP contribution in [0.25, 0.3) is 0 Å². The number of halogens is 3. The molecule has 0 radical (unpaired) electrons. The number of aliphatic imine (C=N–C) groups is 1. The van der Waals surface area contributed by atoms with Gasteiger partial charge in [0.15, 0.2) is 5.96 Å². The minimum atomic E-state index is -4.36. The second-order valence-corrected chi connectivity index (χ2v) is 4.23. The van der Waals surface area contributed by atoms with Gasteiger partial charge in [0, 0.05) is 18.7 Å². The number of alkyl halides is 3. The molecule has 0 atom stereocenters. The van der Waals surface area contributed by atoms with Crippen LogP contribution in [0.2, 0.25) is 0 Å². The number of nitrogens with two attached hydrogens (primary N) is 1. The summed E-state index contributed by atoms with van der Waals surface area (Å²) >= 11 is 0. The molecular formula is C15H18F3N3. The molecule has 1 aromatic rings. The number of guanidine groups is 1. The molecule has 6 heteroatoms. The van der Waals surface area contributed by atoms with Gasteiger partial charge in [-0.25, -0.2) is 4.99 Å². The van der Waals surface area contributed by atoms with Gasteiger partial charge in [0.05, 0.1) is 5.56 Å². The lowest BCUT2D eigenvalue weighted by atomic mass is 10.1. The van der Waals surface area contributed by atoms with Gasteiger partial charge in [0.25, 0.3) is 0 Å². The van der Waals surface area contributed by atoms with Crippen molar-refractivity contribution in [2.75, 3.05) is 19.6 Å². The molecule has 0 spiro atoms. The highest BCUT2D eigenvalue weighted by Crippen LogP contribution is 2.29. The zero-order valence-corrected chi connectivity index (χ0v) is 12.0. The third-order valence-electron chi connectivity index (χ3n) is 2.83. The molecule has 1 aromatic carbocycles. The van der Waals surface area contributed by atoms with Crippen molar-refractivity contribution in [3.05, 3.63) is 35.4 Å². The molecule has 1 rings (SSSR count). The summed E-state index contributed by atoms with van der Waals surface area (Å²) < 4.78 is 37.6. The number of benzene rings is 1. The Morgan fingerprint density at radius 2 is 1.95 bits per heavy atom. The van der Waals surface area contributed by atoms with E-state index < -0.39 is 11.7 Å². The van der Waals surface area contributed by atoms with Gasteiger partial charge in [0.2, 0.25) is 0 Å². The van der Waals surface area contributed by atoms with Gasteiger partial charge in [0.1, 0.15) is 6.54 Å². The van der Waals surface area contributed by atoms with Crippen LogP contribution in [0.1, 0.15) is 25.0 Å². The highest BCUT2D eigenvalue weighted by Gasteiger charge is 2.30. The first kappa shape index (κ1) is 16.9. The van der Waals surface area contributed by atoms with Gasteiger partial charge in [-0.1, -0.05) is 17.9 Å². The lowest BCUT2D eigenvalue weighted by Crippen LogP contribution is -2.37. The van der Waals surface area contributed by atoms with E-state index in [1.807, 2.05) is 18.7 Å². The van der Waals surface area contributed by atoms with Crippen molar-refractivity contribution in [3.63, 3.8) is 0 Å². The lowest BCUT2D eigenvalue weighted by Gasteiger charge is -2.18. The monoisotopic (exact) mass is 297 g/mol. The Morgan fingerprint density at radius 1 is 1.29 bits per heavy atom. The standard InChI is InChI=1S/C15H18F3N3/c1-3-21(4-2)14(19)20-10-6-8-12-7-5-9-13(11-12)15(16,17)18/h5,7,9,11H,3-4,10H2,1-2H3,(H2,19,20). The van der Waals surface area contributed by atoms with Crippen molar-refractivity contribution < 1.29 is 13.2 Å². The number of rotatable bonds is 3. The Bertz CT molecular complexity index is 549. The van der Waals surface area contributed by atoms with Gasteiger partial charge in [-0.15, -0.1) is 0 Å². The zero-order valence-electron chi connectivity index (χ0n) is 12.0. The van der Waals surface area contributed by atoms with E-state index in [2.05, 4.69) is 16.8 Å². The fourth-order valence-electron chi connectivity index (χ4n) is 1.68. The van der Waals surface area contributed by atoms with Crippen LogP contribution in [0, 0.1) is 11.8 Å². The summed E-state index contributed by atoms with van der Waals surface area (Å²) in [6, 6.07) is 4.90. The molecule has 21 heavy (non-hydrogen) atoms. The fraction of sp³-hybridized carbons (Fsp3) is 0.400. The topological polar surface area (TPSA) is 41.6 Å².